The number of anilines is 1. The summed E-state index contributed by atoms with van der Waals surface area (Å²) in [4.78, 5) is 26.1. The van der Waals surface area contributed by atoms with Gasteiger partial charge in [0.2, 0.25) is 5.91 Å². The van der Waals surface area contributed by atoms with E-state index in [0.29, 0.717) is 57.8 Å². The van der Waals surface area contributed by atoms with E-state index in [1.165, 1.54) is 11.8 Å². The Morgan fingerprint density at radius 1 is 1.12 bits per heavy atom. The number of ketones is 1. The maximum absolute atomic E-state index is 13.2. The summed E-state index contributed by atoms with van der Waals surface area (Å²) in [7, 11) is 1.57. The Morgan fingerprint density at radius 2 is 1.93 bits per heavy atom. The number of ether oxygens (including phenoxy) is 2. The second kappa shape index (κ2) is 13.2. The van der Waals surface area contributed by atoms with Gasteiger partial charge in [0.05, 0.1) is 35.5 Å². The van der Waals surface area contributed by atoms with Crippen LogP contribution in [0.1, 0.15) is 41.9 Å². The molecule has 2 N–H and O–H groups in total. The van der Waals surface area contributed by atoms with Crippen LogP contribution < -0.4 is 20.1 Å². The van der Waals surface area contributed by atoms with Crippen molar-refractivity contribution in [1.82, 2.24) is 5.32 Å². The molecule has 1 amide bonds. The van der Waals surface area contributed by atoms with Crippen molar-refractivity contribution in [2.24, 2.45) is 0 Å². The van der Waals surface area contributed by atoms with Crippen LogP contribution in [0.5, 0.6) is 11.5 Å². The lowest BCUT2D eigenvalue weighted by Crippen LogP contribution is -2.31. The maximum atomic E-state index is 13.2. The summed E-state index contributed by atoms with van der Waals surface area (Å²) in [5.74, 6) is 0.344. The number of hydrogen-bond donors (Lipinski definition) is 2. The summed E-state index contributed by atoms with van der Waals surface area (Å²) < 4.78 is 11.7. The number of methoxy groups -OCH3 is 1. The van der Waals surface area contributed by atoms with Gasteiger partial charge in [0.15, 0.2) is 17.3 Å². The molecule has 0 saturated heterocycles. The molecule has 0 aromatic heterocycles. The molecule has 42 heavy (non-hydrogen) atoms. The molecule has 0 saturated carbocycles. The number of dihydropyridines is 1. The van der Waals surface area contributed by atoms with Crippen LogP contribution in [-0.2, 0) is 16.2 Å². The van der Waals surface area contributed by atoms with E-state index in [1.807, 2.05) is 55.5 Å². The molecule has 7 nitrogen and oxygen atoms in total. The second-order valence-corrected chi connectivity index (χ2v) is 11.4. The van der Waals surface area contributed by atoms with Gasteiger partial charge in [0.25, 0.3) is 0 Å². The molecule has 0 bridgehead atoms. The van der Waals surface area contributed by atoms with Crippen LogP contribution in [0.2, 0.25) is 5.02 Å². The fourth-order valence-electron chi connectivity index (χ4n) is 5.16. The maximum Gasteiger partial charge on any atom is 0.234 e. The minimum atomic E-state index is -0.586. The first kappa shape index (κ1) is 29.3. The summed E-state index contributed by atoms with van der Waals surface area (Å²) in [5, 5.41) is 17.7. The van der Waals surface area contributed by atoms with Crippen LogP contribution in [0, 0.1) is 18.3 Å². The molecule has 0 fully saturated rings. The first-order chi connectivity index (χ1) is 20.4. The second-order valence-electron chi connectivity index (χ2n) is 10.0. The Balaban J connectivity index is 1.42. The number of nitriles is 1. The predicted molar refractivity (Wildman–Crippen MR) is 165 cm³/mol. The first-order valence-electron chi connectivity index (χ1n) is 13.6. The van der Waals surface area contributed by atoms with Crippen LogP contribution in [0.3, 0.4) is 0 Å². The van der Waals surface area contributed by atoms with Gasteiger partial charge in [-0.3, -0.25) is 9.59 Å². The predicted octanol–water partition coefficient (Wildman–Crippen LogP) is 7.04. The molecule has 3 aromatic carbocycles. The Hall–Kier alpha value is -4.19. The zero-order valence-electron chi connectivity index (χ0n) is 23.3. The number of thioether (sulfide) groups is 1. The number of carbonyl (C=O) groups excluding carboxylic acids is 2. The molecular weight excluding hydrogens is 570 g/mol. The summed E-state index contributed by atoms with van der Waals surface area (Å²) in [6.07, 6.45) is 1.83. The quantitative estimate of drug-likeness (QED) is 0.272. The summed E-state index contributed by atoms with van der Waals surface area (Å²) in [5.41, 5.74) is 4.98. The van der Waals surface area contributed by atoms with E-state index < -0.39 is 5.92 Å². The minimum Gasteiger partial charge on any atom is -0.493 e. The number of Topliss-reactive ketones (excluding diaryl/α,β-unsaturated/α-hetero) is 1. The number of rotatable bonds is 9. The van der Waals surface area contributed by atoms with E-state index >= 15 is 0 Å². The summed E-state index contributed by atoms with van der Waals surface area (Å²) >= 11 is 7.44. The average Bonchev–Trinajstić information content (AvgIpc) is 3.01. The highest BCUT2D eigenvalue weighted by Crippen LogP contribution is 2.45. The van der Waals surface area contributed by atoms with E-state index in [0.717, 1.165) is 28.8 Å². The number of hydrogen-bond acceptors (Lipinski definition) is 7. The van der Waals surface area contributed by atoms with Crippen molar-refractivity contribution in [1.29, 1.82) is 5.26 Å². The van der Waals surface area contributed by atoms with Crippen LogP contribution >= 0.6 is 23.4 Å². The molecule has 1 atom stereocenters. The molecule has 214 valence electrons. The number of carbonyl (C=O) groups is 2. The number of amides is 1. The third-order valence-corrected chi connectivity index (χ3v) is 8.74. The molecule has 3 aromatic rings. The van der Waals surface area contributed by atoms with E-state index in [9.17, 15) is 14.9 Å². The fraction of sp³-hybridized carbons (Fsp3) is 0.242. The van der Waals surface area contributed by atoms with E-state index in [2.05, 4.69) is 16.7 Å². The molecule has 1 aliphatic heterocycles. The van der Waals surface area contributed by atoms with Gasteiger partial charge in [-0.1, -0.05) is 65.8 Å². The highest BCUT2D eigenvalue weighted by molar-refractivity contribution is 8.03. The SMILES string of the molecule is COc1cc(C2C(C#N)=C(SCC(=O)Nc3cccc(Cl)c3C)NC3=C2C(=O)CCC3)ccc1OCc1ccccc1. The Kier molecular flexibility index (Phi) is 9.21. The standard InChI is InChI=1S/C33H30ClN3O4S/c1-20-24(34)10-6-11-25(20)36-30(39)19-42-33-23(17-35)31(32-26(37-33)12-7-13-27(32)38)22-14-15-28(29(16-22)40-2)41-18-21-8-4-3-5-9-21/h3-6,8-11,14-16,31,37H,7,12-13,18-19H2,1-2H3,(H,36,39). The molecule has 0 spiro atoms. The molecule has 0 radical (unpaired) electrons. The van der Waals surface area contributed by atoms with Crippen LogP contribution in [0.25, 0.3) is 0 Å². The van der Waals surface area contributed by atoms with Gasteiger partial charge in [0, 0.05) is 28.4 Å². The number of allylic oxidation sites excluding steroid dienone is 3. The molecule has 1 aliphatic carbocycles. The van der Waals surface area contributed by atoms with Gasteiger partial charge in [-0.15, -0.1) is 0 Å². The minimum absolute atomic E-state index is 0.0168. The van der Waals surface area contributed by atoms with Crippen LogP contribution in [-0.4, -0.2) is 24.6 Å². The molecule has 9 heteroatoms. The van der Waals surface area contributed by atoms with Crippen molar-refractivity contribution in [2.75, 3.05) is 18.2 Å². The largest absolute Gasteiger partial charge is 0.493 e. The Morgan fingerprint density at radius 3 is 2.69 bits per heavy atom. The molecule has 5 rings (SSSR count). The van der Waals surface area contributed by atoms with Gasteiger partial charge < -0.3 is 20.1 Å². The van der Waals surface area contributed by atoms with Gasteiger partial charge in [-0.05, 0) is 60.7 Å². The number of halogens is 1. The highest BCUT2D eigenvalue weighted by Gasteiger charge is 2.37. The normalized spacial score (nSPS) is 16.3. The molecule has 1 heterocycles. The highest BCUT2D eigenvalue weighted by atomic mass is 35.5. The lowest BCUT2D eigenvalue weighted by atomic mass is 9.77. The lowest BCUT2D eigenvalue weighted by molar-refractivity contribution is -0.116. The van der Waals surface area contributed by atoms with Crippen LogP contribution in [0.4, 0.5) is 5.69 Å². The number of nitrogens with one attached hydrogen (secondary N) is 2. The van der Waals surface area contributed by atoms with E-state index in [1.54, 1.807) is 25.3 Å². The van der Waals surface area contributed by atoms with Crippen molar-refractivity contribution in [3.05, 3.63) is 110 Å². The smallest absolute Gasteiger partial charge is 0.234 e. The van der Waals surface area contributed by atoms with Crippen molar-refractivity contribution < 1.29 is 19.1 Å². The number of benzene rings is 3. The average molecular weight is 600 g/mol. The monoisotopic (exact) mass is 599 g/mol. The van der Waals surface area contributed by atoms with E-state index in [4.69, 9.17) is 21.1 Å². The molecule has 1 unspecified atom stereocenters. The van der Waals surface area contributed by atoms with Crippen molar-refractivity contribution in [3.63, 3.8) is 0 Å². The Labute approximate surface area is 254 Å². The number of nitrogens with zero attached hydrogens (tertiary/aromatic N) is 1. The fourth-order valence-corrected chi connectivity index (χ4v) is 6.19. The first-order valence-corrected chi connectivity index (χ1v) is 15.0. The van der Waals surface area contributed by atoms with Gasteiger partial charge >= 0.3 is 0 Å². The van der Waals surface area contributed by atoms with Crippen LogP contribution in [0.15, 0.2) is 88.6 Å². The molecule has 2 aliphatic rings. The Bertz CT molecular complexity index is 1630. The van der Waals surface area contributed by atoms with Gasteiger partial charge in [0.1, 0.15) is 6.61 Å². The lowest BCUT2D eigenvalue weighted by Gasteiger charge is -2.33. The zero-order chi connectivity index (χ0) is 29.6. The third kappa shape index (κ3) is 6.33. The molecular formula is C33H30ClN3O4S. The van der Waals surface area contributed by atoms with Crippen molar-refractivity contribution in [3.8, 4) is 17.6 Å². The summed E-state index contributed by atoms with van der Waals surface area (Å²) in [6, 6.07) is 23.0. The topological polar surface area (TPSA) is 100 Å². The van der Waals surface area contributed by atoms with E-state index in [-0.39, 0.29) is 17.4 Å². The van der Waals surface area contributed by atoms with Gasteiger partial charge in [-0.2, -0.15) is 5.26 Å². The van der Waals surface area contributed by atoms with Gasteiger partial charge in [-0.25, -0.2) is 0 Å². The van der Waals surface area contributed by atoms with Crippen molar-refractivity contribution in [2.45, 2.75) is 38.7 Å². The summed E-state index contributed by atoms with van der Waals surface area (Å²) in [6.45, 7) is 2.22. The zero-order valence-corrected chi connectivity index (χ0v) is 24.9. The third-order valence-electron chi connectivity index (χ3n) is 7.31. The van der Waals surface area contributed by atoms with Crippen molar-refractivity contribution >= 4 is 40.7 Å².